The number of para-hydroxylation sites is 1. The second-order valence-electron chi connectivity index (χ2n) is 7.19. The van der Waals surface area contributed by atoms with Crippen LogP contribution in [-0.2, 0) is 16.0 Å². The van der Waals surface area contributed by atoms with Gasteiger partial charge in [-0.1, -0.05) is 24.6 Å². The lowest BCUT2D eigenvalue weighted by atomic mass is 9.93. The van der Waals surface area contributed by atoms with E-state index in [2.05, 4.69) is 9.88 Å². The molecule has 1 aromatic heterocycles. The molecule has 5 heteroatoms. The van der Waals surface area contributed by atoms with Crippen molar-refractivity contribution < 1.29 is 9.47 Å². The highest BCUT2D eigenvalue weighted by Gasteiger charge is 2.38. The van der Waals surface area contributed by atoms with Crippen LogP contribution < -0.4 is 5.56 Å². The number of hydrogen-bond acceptors (Lipinski definition) is 4. The maximum absolute atomic E-state index is 12.5. The van der Waals surface area contributed by atoms with Gasteiger partial charge in [0.05, 0.1) is 19.3 Å². The van der Waals surface area contributed by atoms with Crippen molar-refractivity contribution in [1.29, 1.82) is 0 Å². The first kappa shape index (κ1) is 16.8. The van der Waals surface area contributed by atoms with E-state index in [0.717, 1.165) is 42.6 Å². The summed E-state index contributed by atoms with van der Waals surface area (Å²) in [6.07, 6.45) is 3.83. The van der Waals surface area contributed by atoms with Crippen LogP contribution in [0.1, 0.15) is 24.8 Å². The fourth-order valence-corrected chi connectivity index (χ4v) is 4.46. The first-order chi connectivity index (χ1) is 12.3. The number of morpholine rings is 1. The Bertz CT molecular complexity index is 788. The number of methoxy groups -OCH3 is 1. The van der Waals surface area contributed by atoms with E-state index in [1.807, 2.05) is 37.4 Å². The normalized spacial score (nSPS) is 27.8. The molecule has 2 aliphatic rings. The molecule has 0 spiro atoms. The number of aromatic nitrogens is 1. The molecule has 3 atom stereocenters. The first-order valence-corrected chi connectivity index (χ1v) is 9.22. The quantitative estimate of drug-likeness (QED) is 0.928. The summed E-state index contributed by atoms with van der Waals surface area (Å²) in [6.45, 7) is 2.99. The Hall–Kier alpha value is -1.69. The molecule has 25 heavy (non-hydrogen) atoms. The third-order valence-electron chi connectivity index (χ3n) is 5.78. The van der Waals surface area contributed by atoms with Crippen LogP contribution in [0.5, 0.6) is 0 Å². The highest BCUT2D eigenvalue weighted by atomic mass is 16.5. The van der Waals surface area contributed by atoms with E-state index in [9.17, 15) is 4.79 Å². The fourth-order valence-electron chi connectivity index (χ4n) is 4.46. The second-order valence-corrected chi connectivity index (χ2v) is 7.19. The molecule has 1 aliphatic carbocycles. The maximum Gasteiger partial charge on any atom is 0.252 e. The molecule has 1 aliphatic heterocycles. The molecule has 1 saturated heterocycles. The smallest absolute Gasteiger partial charge is 0.252 e. The van der Waals surface area contributed by atoms with Crippen LogP contribution >= 0.6 is 0 Å². The molecule has 1 aromatic carbocycles. The Morgan fingerprint density at radius 1 is 1.32 bits per heavy atom. The zero-order chi connectivity index (χ0) is 17.2. The van der Waals surface area contributed by atoms with E-state index in [4.69, 9.17) is 9.47 Å². The number of rotatable bonds is 4. The Kier molecular flexibility index (Phi) is 4.88. The summed E-state index contributed by atoms with van der Waals surface area (Å²) in [7, 11) is 1.81. The predicted octanol–water partition coefficient (Wildman–Crippen LogP) is 2.54. The van der Waals surface area contributed by atoms with Gasteiger partial charge in [0.1, 0.15) is 0 Å². The lowest BCUT2D eigenvalue weighted by molar-refractivity contribution is -0.0609. The predicted molar refractivity (Wildman–Crippen MR) is 97.7 cm³/mol. The number of aromatic amines is 1. The summed E-state index contributed by atoms with van der Waals surface area (Å²) in [5.74, 6) is 0.491. The van der Waals surface area contributed by atoms with Gasteiger partial charge in [0.15, 0.2) is 0 Å². The highest BCUT2D eigenvalue weighted by molar-refractivity contribution is 5.78. The largest absolute Gasteiger partial charge is 0.381 e. The van der Waals surface area contributed by atoms with E-state index in [0.29, 0.717) is 24.6 Å². The van der Waals surface area contributed by atoms with Crippen LogP contribution in [0.25, 0.3) is 10.9 Å². The third kappa shape index (κ3) is 3.36. The van der Waals surface area contributed by atoms with Gasteiger partial charge in [0, 0.05) is 43.2 Å². The van der Waals surface area contributed by atoms with Crippen LogP contribution in [0.15, 0.2) is 35.1 Å². The second kappa shape index (κ2) is 7.28. The first-order valence-electron chi connectivity index (χ1n) is 9.22. The Labute approximate surface area is 147 Å². The highest BCUT2D eigenvalue weighted by Crippen LogP contribution is 2.34. The van der Waals surface area contributed by atoms with Gasteiger partial charge in [-0.2, -0.15) is 0 Å². The van der Waals surface area contributed by atoms with Gasteiger partial charge < -0.3 is 14.5 Å². The number of nitrogens with one attached hydrogen (secondary N) is 1. The van der Waals surface area contributed by atoms with E-state index < -0.39 is 0 Å². The van der Waals surface area contributed by atoms with Crippen LogP contribution in [0.3, 0.4) is 0 Å². The molecule has 2 heterocycles. The fraction of sp³-hybridized carbons (Fsp3) is 0.550. The van der Waals surface area contributed by atoms with Crippen molar-refractivity contribution in [1.82, 2.24) is 9.88 Å². The number of nitrogens with zero attached hydrogens (tertiary/aromatic N) is 1. The van der Waals surface area contributed by atoms with Gasteiger partial charge in [-0.05, 0) is 30.4 Å². The monoisotopic (exact) mass is 342 g/mol. The number of hydrogen-bond donors (Lipinski definition) is 1. The van der Waals surface area contributed by atoms with Gasteiger partial charge in [0.25, 0.3) is 5.56 Å². The summed E-state index contributed by atoms with van der Waals surface area (Å²) in [5.41, 5.74) is 1.74. The minimum atomic E-state index is 0.0126. The molecule has 5 nitrogen and oxygen atoms in total. The van der Waals surface area contributed by atoms with Crippen LogP contribution in [0.4, 0.5) is 0 Å². The average Bonchev–Trinajstić information content (AvgIpc) is 3.11. The van der Waals surface area contributed by atoms with Gasteiger partial charge in [-0.15, -0.1) is 0 Å². The van der Waals surface area contributed by atoms with Crippen molar-refractivity contribution in [2.45, 2.75) is 38.0 Å². The molecule has 1 N–H and O–H groups in total. The summed E-state index contributed by atoms with van der Waals surface area (Å²) in [6, 6.07) is 10.3. The van der Waals surface area contributed by atoms with Crippen molar-refractivity contribution >= 4 is 10.9 Å². The van der Waals surface area contributed by atoms with Crippen LogP contribution in [0.2, 0.25) is 0 Å². The minimum Gasteiger partial charge on any atom is -0.381 e. The summed E-state index contributed by atoms with van der Waals surface area (Å²) < 4.78 is 11.5. The average molecular weight is 342 g/mol. The Balaban J connectivity index is 1.59. The van der Waals surface area contributed by atoms with Crippen LogP contribution in [0, 0.1) is 5.92 Å². The minimum absolute atomic E-state index is 0.0126. The molecule has 0 radical (unpaired) electrons. The van der Waals surface area contributed by atoms with Gasteiger partial charge >= 0.3 is 0 Å². The molecule has 1 saturated carbocycles. The molecule has 0 bridgehead atoms. The van der Waals surface area contributed by atoms with E-state index >= 15 is 0 Å². The molecule has 4 rings (SSSR count). The zero-order valence-electron chi connectivity index (χ0n) is 14.7. The lowest BCUT2D eigenvalue weighted by Crippen LogP contribution is -2.51. The zero-order valence-corrected chi connectivity index (χ0v) is 14.7. The molecular weight excluding hydrogens is 316 g/mol. The number of ether oxygens (including phenoxy) is 2. The van der Waals surface area contributed by atoms with Crippen molar-refractivity contribution in [3.8, 4) is 0 Å². The number of benzene rings is 1. The topological polar surface area (TPSA) is 54.6 Å². The lowest BCUT2D eigenvalue weighted by Gasteiger charge is -2.40. The summed E-state index contributed by atoms with van der Waals surface area (Å²) >= 11 is 0. The van der Waals surface area contributed by atoms with Gasteiger partial charge in [0.2, 0.25) is 0 Å². The Morgan fingerprint density at radius 2 is 2.20 bits per heavy atom. The third-order valence-corrected chi connectivity index (χ3v) is 5.78. The molecule has 2 fully saturated rings. The van der Waals surface area contributed by atoms with E-state index in [1.54, 1.807) is 0 Å². The number of H-pyrrole nitrogens is 1. The molecule has 0 unspecified atom stereocenters. The van der Waals surface area contributed by atoms with Crippen LogP contribution in [-0.4, -0.2) is 48.9 Å². The summed E-state index contributed by atoms with van der Waals surface area (Å²) in [5, 5.41) is 1.08. The van der Waals surface area contributed by atoms with Crippen molar-refractivity contribution in [3.05, 3.63) is 46.2 Å². The maximum atomic E-state index is 12.5. The molecular formula is C20H26N2O3. The standard InChI is InChI=1S/C20H26N2O3/c1-24-19-8-4-6-16(19)18-13-25-10-9-22(18)12-15-11-14-5-2-3-7-17(14)21-20(15)23/h2-3,5,7,11,16,18-19H,4,6,8-10,12-13H2,1H3,(H,21,23)/t16-,18-,19+/m0/s1. The summed E-state index contributed by atoms with van der Waals surface area (Å²) in [4.78, 5) is 18.0. The SMILES string of the molecule is CO[C@@H]1CCC[C@H]1[C@@H]1COCCN1Cc1cc2ccccc2[nH]c1=O. The molecule has 0 amide bonds. The van der Waals surface area contributed by atoms with Crippen molar-refractivity contribution in [2.24, 2.45) is 5.92 Å². The van der Waals surface area contributed by atoms with E-state index in [1.165, 1.54) is 12.8 Å². The van der Waals surface area contributed by atoms with Gasteiger partial charge in [-0.3, -0.25) is 9.69 Å². The number of fused-ring (bicyclic) bond motifs is 1. The molecule has 2 aromatic rings. The van der Waals surface area contributed by atoms with Crippen molar-refractivity contribution in [2.75, 3.05) is 26.9 Å². The van der Waals surface area contributed by atoms with Crippen molar-refractivity contribution in [3.63, 3.8) is 0 Å². The van der Waals surface area contributed by atoms with Gasteiger partial charge in [-0.25, -0.2) is 0 Å². The number of pyridine rings is 1. The molecule has 134 valence electrons. The Morgan fingerprint density at radius 3 is 3.08 bits per heavy atom. The van der Waals surface area contributed by atoms with E-state index in [-0.39, 0.29) is 5.56 Å².